The zero-order chi connectivity index (χ0) is 30.3. The van der Waals surface area contributed by atoms with Crippen LogP contribution in [-0.2, 0) is 12.6 Å². The van der Waals surface area contributed by atoms with Crippen LogP contribution < -0.4 is 10.3 Å². The first-order chi connectivity index (χ1) is 20.0. The number of hydrogen-bond donors (Lipinski definition) is 1. The van der Waals surface area contributed by atoms with E-state index in [0.29, 0.717) is 5.56 Å². The van der Waals surface area contributed by atoms with Crippen molar-refractivity contribution in [2.45, 2.75) is 30.6 Å². The molecule has 1 aliphatic rings. The molecular weight excluding hydrogens is 599 g/mol. The monoisotopic (exact) mass is 620 g/mol. The molecule has 0 spiro atoms. The van der Waals surface area contributed by atoms with E-state index in [1.807, 2.05) is 0 Å². The molecule has 1 aromatic heterocycles. The van der Waals surface area contributed by atoms with E-state index in [0.717, 1.165) is 30.0 Å². The summed E-state index contributed by atoms with van der Waals surface area (Å²) in [7, 11) is 1.26. The van der Waals surface area contributed by atoms with Crippen LogP contribution in [0.25, 0.3) is 11.1 Å². The number of hydrogen-bond acceptors (Lipinski definition) is 5. The molecule has 218 valence electrons. The second-order valence-electron chi connectivity index (χ2n) is 9.51. The third-order valence-electron chi connectivity index (χ3n) is 7.23. The molecule has 0 saturated carbocycles. The minimum Gasteiger partial charge on any atom is -0.494 e. The zero-order valence-electron chi connectivity index (χ0n) is 22.1. The molecule has 5 nitrogen and oxygen atoms in total. The Labute approximate surface area is 246 Å². The van der Waals surface area contributed by atoms with E-state index in [9.17, 15) is 23.2 Å². The molecule has 0 fully saturated rings. The summed E-state index contributed by atoms with van der Waals surface area (Å²) in [6.07, 6.45) is -5.39. The van der Waals surface area contributed by atoms with Gasteiger partial charge in [-0.05, 0) is 42.3 Å². The van der Waals surface area contributed by atoms with Crippen LogP contribution in [0.15, 0.2) is 75.6 Å². The normalized spacial score (nSPS) is 15.1. The molecule has 0 amide bonds. The highest BCUT2D eigenvalue weighted by molar-refractivity contribution is 7.99. The Morgan fingerprint density at radius 1 is 1.10 bits per heavy atom. The van der Waals surface area contributed by atoms with Gasteiger partial charge in [-0.2, -0.15) is 13.2 Å². The van der Waals surface area contributed by atoms with Gasteiger partial charge >= 0.3 is 6.18 Å². The maximum atomic E-state index is 15.6. The van der Waals surface area contributed by atoms with E-state index < -0.39 is 47.0 Å². The van der Waals surface area contributed by atoms with Crippen molar-refractivity contribution in [2.75, 3.05) is 12.9 Å². The molecular formula is C30H22ClF5N2O3S. The van der Waals surface area contributed by atoms with Gasteiger partial charge in [-0.1, -0.05) is 53.2 Å². The number of nitrogens with zero attached hydrogens (tertiary/aromatic N) is 2. The average Bonchev–Trinajstić information content (AvgIpc) is 3.38. The summed E-state index contributed by atoms with van der Waals surface area (Å²) in [5, 5.41) is 14.0. The Balaban J connectivity index is 1.82. The standard InChI is InChI=1S/C30H22ClF5N2O3S/c1-15-18(13-19-20(30(34,35)36)9-6-11-22(19)32)29-38(28(39)25(15)17-8-5-12-24(41-2)26(17)33)23(14-42-29)27(37-40)16-7-3-4-10-21(16)31/h3-12,23,40H,13-14H2,1-2H3. The van der Waals surface area contributed by atoms with Crippen molar-refractivity contribution in [2.24, 2.45) is 5.16 Å². The first kappa shape index (κ1) is 29.7. The first-order valence-corrected chi connectivity index (χ1v) is 13.9. The summed E-state index contributed by atoms with van der Waals surface area (Å²) in [6, 6.07) is 12.5. The fraction of sp³-hybridized carbons (Fsp3) is 0.200. The fourth-order valence-corrected chi connectivity index (χ4v) is 6.84. The number of pyridine rings is 1. The van der Waals surface area contributed by atoms with E-state index in [-0.39, 0.29) is 49.5 Å². The van der Waals surface area contributed by atoms with E-state index in [4.69, 9.17) is 16.3 Å². The third-order valence-corrected chi connectivity index (χ3v) is 8.76. The Kier molecular flexibility index (Phi) is 8.08. The van der Waals surface area contributed by atoms with E-state index in [2.05, 4.69) is 5.16 Å². The summed E-state index contributed by atoms with van der Waals surface area (Å²) in [4.78, 5) is 14.2. The summed E-state index contributed by atoms with van der Waals surface area (Å²) >= 11 is 7.50. The molecule has 4 aromatic rings. The van der Waals surface area contributed by atoms with Gasteiger partial charge in [-0.25, -0.2) is 8.78 Å². The van der Waals surface area contributed by atoms with Gasteiger partial charge in [0.2, 0.25) is 0 Å². The van der Waals surface area contributed by atoms with E-state index in [1.165, 1.54) is 36.8 Å². The number of aromatic nitrogens is 1. The van der Waals surface area contributed by atoms with Crippen molar-refractivity contribution < 1.29 is 31.9 Å². The highest BCUT2D eigenvalue weighted by Crippen LogP contribution is 2.43. The molecule has 1 unspecified atom stereocenters. The summed E-state index contributed by atoms with van der Waals surface area (Å²) in [5.74, 6) is -1.93. The maximum Gasteiger partial charge on any atom is 0.416 e. The molecule has 3 aromatic carbocycles. The Bertz CT molecular complexity index is 1790. The molecule has 42 heavy (non-hydrogen) atoms. The zero-order valence-corrected chi connectivity index (χ0v) is 23.7. The van der Waals surface area contributed by atoms with Crippen molar-refractivity contribution in [1.82, 2.24) is 4.57 Å². The van der Waals surface area contributed by atoms with Crippen LogP contribution in [0.3, 0.4) is 0 Å². The van der Waals surface area contributed by atoms with Crippen LogP contribution in [0.4, 0.5) is 22.0 Å². The number of fused-ring (bicyclic) bond motifs is 1. The Hall–Kier alpha value is -3.83. The quantitative estimate of drug-likeness (QED) is 0.103. The second-order valence-corrected chi connectivity index (χ2v) is 10.9. The number of ether oxygens (including phenoxy) is 1. The van der Waals surface area contributed by atoms with Crippen molar-refractivity contribution in [3.05, 3.63) is 115 Å². The molecule has 12 heteroatoms. The van der Waals surface area contributed by atoms with Crippen LogP contribution in [0.2, 0.25) is 5.02 Å². The first-order valence-electron chi connectivity index (χ1n) is 12.5. The predicted octanol–water partition coefficient (Wildman–Crippen LogP) is 7.90. The van der Waals surface area contributed by atoms with E-state index in [1.54, 1.807) is 24.3 Å². The number of alkyl halides is 3. The smallest absolute Gasteiger partial charge is 0.416 e. The third kappa shape index (κ3) is 5.05. The SMILES string of the molecule is COc1cccc(-c2c(C)c(Cc3c(F)cccc3C(F)(F)F)c3n(c2=O)C(C(=NO)c2ccccc2Cl)CS3)c1F. The average molecular weight is 621 g/mol. The summed E-state index contributed by atoms with van der Waals surface area (Å²) in [5.41, 5.74) is -1.99. The summed E-state index contributed by atoms with van der Waals surface area (Å²) in [6.45, 7) is 1.49. The number of oxime groups is 1. The van der Waals surface area contributed by atoms with Crippen LogP contribution in [0.1, 0.15) is 33.9 Å². The van der Waals surface area contributed by atoms with Gasteiger partial charge in [0, 0.05) is 33.9 Å². The number of rotatable bonds is 6. The Morgan fingerprint density at radius 3 is 2.48 bits per heavy atom. The highest BCUT2D eigenvalue weighted by Gasteiger charge is 2.38. The van der Waals surface area contributed by atoms with Gasteiger partial charge in [0.15, 0.2) is 11.6 Å². The van der Waals surface area contributed by atoms with Crippen LogP contribution in [0.5, 0.6) is 5.75 Å². The maximum absolute atomic E-state index is 15.6. The van der Waals surface area contributed by atoms with Crippen LogP contribution in [0, 0.1) is 18.6 Å². The second kappa shape index (κ2) is 11.4. The number of methoxy groups -OCH3 is 1. The molecule has 0 radical (unpaired) electrons. The van der Waals surface area contributed by atoms with Gasteiger partial charge in [-0.15, -0.1) is 11.8 Å². The van der Waals surface area contributed by atoms with Crippen LogP contribution >= 0.6 is 23.4 Å². The molecule has 0 saturated heterocycles. The molecule has 0 aliphatic carbocycles. The lowest BCUT2D eigenvalue weighted by atomic mass is 9.92. The van der Waals surface area contributed by atoms with Gasteiger partial charge in [-0.3, -0.25) is 9.36 Å². The molecule has 5 rings (SSSR count). The highest BCUT2D eigenvalue weighted by atomic mass is 35.5. The predicted molar refractivity (Wildman–Crippen MR) is 151 cm³/mol. The minimum absolute atomic E-state index is 0.0303. The lowest BCUT2D eigenvalue weighted by molar-refractivity contribution is -0.138. The molecule has 0 bridgehead atoms. The Morgan fingerprint density at radius 2 is 1.81 bits per heavy atom. The van der Waals surface area contributed by atoms with Gasteiger partial charge in [0.25, 0.3) is 5.56 Å². The molecule has 2 heterocycles. The number of thioether (sulfide) groups is 1. The fourth-order valence-electron chi connectivity index (χ4n) is 5.24. The largest absolute Gasteiger partial charge is 0.494 e. The topological polar surface area (TPSA) is 63.8 Å². The lowest BCUT2D eigenvalue weighted by Gasteiger charge is -2.22. The van der Waals surface area contributed by atoms with Gasteiger partial charge < -0.3 is 9.94 Å². The van der Waals surface area contributed by atoms with Crippen molar-refractivity contribution in [3.63, 3.8) is 0 Å². The van der Waals surface area contributed by atoms with Gasteiger partial charge in [0.1, 0.15) is 11.5 Å². The molecule has 1 atom stereocenters. The van der Waals surface area contributed by atoms with Gasteiger partial charge in [0.05, 0.1) is 29.3 Å². The number of halogens is 6. The molecule has 1 aliphatic heterocycles. The van der Waals surface area contributed by atoms with Crippen molar-refractivity contribution >= 4 is 29.1 Å². The lowest BCUT2D eigenvalue weighted by Crippen LogP contribution is -2.32. The van der Waals surface area contributed by atoms with Crippen molar-refractivity contribution in [3.8, 4) is 16.9 Å². The van der Waals surface area contributed by atoms with E-state index >= 15 is 8.78 Å². The van der Waals surface area contributed by atoms with Crippen molar-refractivity contribution in [1.29, 1.82) is 0 Å². The summed E-state index contributed by atoms with van der Waals surface area (Å²) < 4.78 is 78.8. The molecule has 1 N–H and O–H groups in total. The number of benzene rings is 3. The van der Waals surface area contributed by atoms with Crippen LogP contribution in [-0.4, -0.2) is 28.3 Å². The minimum atomic E-state index is -4.85.